The Morgan fingerprint density at radius 3 is 0.739 bits per heavy atom. The summed E-state index contributed by atoms with van der Waals surface area (Å²) in [7, 11) is 0. The van der Waals surface area contributed by atoms with Crippen LogP contribution in [0.2, 0.25) is 0 Å². The first kappa shape index (κ1) is 49.6. The van der Waals surface area contributed by atoms with E-state index in [0.29, 0.717) is 0 Å². The second-order valence-electron chi connectivity index (χ2n) is 23.0. The summed E-state index contributed by atoms with van der Waals surface area (Å²) >= 11 is 0. The summed E-state index contributed by atoms with van der Waals surface area (Å²) in [4.78, 5) is 6.56. The fourth-order valence-corrected chi connectivity index (χ4v) is 14.3. The highest BCUT2D eigenvalue weighted by Gasteiger charge is 2.33. The molecule has 18 aromatic rings. The lowest BCUT2D eigenvalue weighted by molar-refractivity contribution is 0.961. The van der Waals surface area contributed by atoms with Crippen molar-refractivity contribution < 1.29 is 0 Å². The molecule has 5 aromatic heterocycles. The number of rotatable bonds is 9. The lowest BCUT2D eigenvalue weighted by Crippen LogP contribution is -2.16. The van der Waals surface area contributed by atoms with Crippen molar-refractivity contribution in [2.75, 3.05) is 0 Å². The van der Waals surface area contributed by atoms with Gasteiger partial charge < -0.3 is 9.13 Å². The number of fused-ring (bicyclic) bond motifs is 12. The summed E-state index contributed by atoms with van der Waals surface area (Å²) in [5, 5.41) is 9.20. The van der Waals surface area contributed by atoms with Gasteiger partial charge in [-0.25, -0.2) is 4.98 Å². The molecule has 0 spiro atoms. The number of para-hydroxylation sites is 6. The van der Waals surface area contributed by atoms with E-state index in [1.165, 1.54) is 0 Å². The highest BCUT2D eigenvalue weighted by atomic mass is 15.2. The topological polar surface area (TPSA) is 32.6 Å². The van der Waals surface area contributed by atoms with Crippen LogP contribution in [-0.4, -0.2) is 23.3 Å². The van der Waals surface area contributed by atoms with Crippen LogP contribution in [0, 0.1) is 0 Å². The van der Waals surface area contributed by atoms with Crippen LogP contribution in [0.4, 0.5) is 0 Å². The van der Waals surface area contributed by atoms with Crippen molar-refractivity contribution in [1.82, 2.24) is 23.3 Å². The normalized spacial score (nSPS) is 11.9. The van der Waals surface area contributed by atoms with Gasteiger partial charge in [-0.05, 0) is 129 Å². The summed E-state index contributed by atoms with van der Waals surface area (Å²) < 4.78 is 10.0. The van der Waals surface area contributed by atoms with Crippen LogP contribution in [-0.2, 0) is 0 Å². The highest BCUT2D eigenvalue weighted by molar-refractivity contribution is 6.17. The van der Waals surface area contributed by atoms with E-state index in [2.05, 4.69) is 340 Å². The summed E-state index contributed by atoms with van der Waals surface area (Å²) in [5.74, 6) is 1.59. The zero-order valence-corrected chi connectivity index (χ0v) is 47.8. The van der Waals surface area contributed by atoms with Gasteiger partial charge in [-0.3, -0.25) is 9.13 Å². The van der Waals surface area contributed by atoms with Crippen molar-refractivity contribution in [2.24, 2.45) is 0 Å². The van der Waals surface area contributed by atoms with Crippen molar-refractivity contribution in [2.45, 2.75) is 0 Å². The van der Waals surface area contributed by atoms with Crippen molar-refractivity contribution in [3.63, 3.8) is 0 Å². The van der Waals surface area contributed by atoms with Crippen LogP contribution in [0.15, 0.2) is 322 Å². The minimum Gasteiger partial charge on any atom is -0.305 e. The van der Waals surface area contributed by atoms with Crippen molar-refractivity contribution in [3.05, 3.63) is 322 Å². The van der Waals surface area contributed by atoms with Crippen molar-refractivity contribution in [1.29, 1.82) is 0 Å². The van der Waals surface area contributed by atoms with Gasteiger partial charge in [-0.2, -0.15) is 0 Å². The van der Waals surface area contributed by atoms with Gasteiger partial charge in [-0.15, -0.1) is 0 Å². The number of nitrogens with zero attached hydrogens (tertiary/aromatic N) is 5. The number of benzene rings is 13. The van der Waals surface area contributed by atoms with Gasteiger partial charge in [0.2, 0.25) is 0 Å². The molecule has 0 N–H and O–H groups in total. The standard InChI is InChI=1S/C83H53N5/c1-5-25-54(26-6-1)58-45-47-77-69(52-58)70-53-59(55-27-7-2-8-28-55)46-48-78(70)86(77)81-79(62-50-60(56-29-9-3-10-30-56)49-61(51-62)57-31-11-4-12-32-57)80(85-71-39-19-13-33-63(71)64-34-14-20-40-72(64)85)82(87-73-41-21-15-35-65(73)66-36-16-22-42-74(66)87)84-83(81)88-75-43-23-17-37-67(75)68-38-18-24-44-76(68)88/h1-53H. The van der Waals surface area contributed by atoms with Crippen LogP contribution >= 0.6 is 0 Å². The molecule has 5 nitrogen and oxygen atoms in total. The van der Waals surface area contributed by atoms with E-state index in [0.717, 1.165) is 166 Å². The lowest BCUT2D eigenvalue weighted by Gasteiger charge is -2.27. The molecule has 0 amide bonds. The third kappa shape index (κ3) is 7.64. The van der Waals surface area contributed by atoms with Crippen LogP contribution in [0.1, 0.15) is 0 Å². The maximum atomic E-state index is 6.56. The highest BCUT2D eigenvalue weighted by Crippen LogP contribution is 2.51. The van der Waals surface area contributed by atoms with Gasteiger partial charge in [0.25, 0.3) is 0 Å². The Labute approximate surface area is 507 Å². The molecule has 13 aromatic carbocycles. The molecule has 18 rings (SSSR count). The van der Waals surface area contributed by atoms with Gasteiger partial charge >= 0.3 is 0 Å². The molecule has 0 aliphatic carbocycles. The molecule has 5 heterocycles. The predicted octanol–water partition coefficient (Wildman–Crippen LogP) is 21.8. The largest absolute Gasteiger partial charge is 0.305 e. The molecular weight excluding hydrogens is 1070 g/mol. The number of hydrogen-bond acceptors (Lipinski definition) is 1. The summed E-state index contributed by atoms with van der Waals surface area (Å²) in [5.41, 5.74) is 21.5. The molecule has 410 valence electrons. The van der Waals surface area contributed by atoms with Gasteiger partial charge in [0.05, 0.1) is 44.1 Å². The average Bonchev–Trinajstić information content (AvgIpc) is 1.54. The molecule has 0 aliphatic heterocycles. The molecule has 0 saturated carbocycles. The zero-order chi connectivity index (χ0) is 57.8. The van der Waals surface area contributed by atoms with Crippen LogP contribution in [0.3, 0.4) is 0 Å². The number of hydrogen-bond donors (Lipinski definition) is 0. The molecule has 0 aliphatic rings. The fourth-order valence-electron chi connectivity index (χ4n) is 14.3. The van der Waals surface area contributed by atoms with E-state index < -0.39 is 0 Å². The fraction of sp³-hybridized carbons (Fsp3) is 0. The third-order valence-corrected chi connectivity index (χ3v) is 18.1. The molecule has 0 unspecified atom stereocenters. The minimum absolute atomic E-state index is 0.790. The maximum Gasteiger partial charge on any atom is 0.165 e. The van der Waals surface area contributed by atoms with Gasteiger partial charge in [0.15, 0.2) is 11.6 Å². The first-order chi connectivity index (χ1) is 43.7. The molecule has 0 bridgehead atoms. The molecule has 5 heteroatoms. The van der Waals surface area contributed by atoms with Crippen LogP contribution in [0.25, 0.3) is 166 Å². The van der Waals surface area contributed by atoms with E-state index in [9.17, 15) is 0 Å². The molecular formula is C83H53N5. The number of aromatic nitrogens is 5. The second kappa shape index (κ2) is 19.9. The lowest BCUT2D eigenvalue weighted by atomic mass is 9.91. The predicted molar refractivity (Wildman–Crippen MR) is 369 cm³/mol. The summed E-state index contributed by atoms with van der Waals surface area (Å²) in [6.45, 7) is 0. The monoisotopic (exact) mass is 1120 g/mol. The SMILES string of the molecule is c1ccc(-c2cc(-c3ccccc3)cc(-c3c(-n4c5ccccc5c5ccccc54)c(-n4c5ccccc5c5ccccc54)nc(-n4c5ccccc5c5ccccc54)c3-n3c4ccc(-c5ccccc5)cc4c4cc(-c5ccccc5)ccc43)c2)cc1. The average molecular weight is 1120 g/mol. The Bertz CT molecular complexity index is 5470. The second-order valence-corrected chi connectivity index (χ2v) is 23.0. The Morgan fingerprint density at radius 2 is 0.420 bits per heavy atom. The quantitative estimate of drug-likeness (QED) is 0.142. The minimum atomic E-state index is 0.790. The zero-order valence-electron chi connectivity index (χ0n) is 47.8. The van der Waals surface area contributed by atoms with Crippen LogP contribution < -0.4 is 0 Å². The smallest absolute Gasteiger partial charge is 0.165 e. The van der Waals surface area contributed by atoms with Crippen molar-refractivity contribution in [3.8, 4) is 78.6 Å². The first-order valence-corrected chi connectivity index (χ1v) is 30.2. The molecule has 0 saturated heterocycles. The molecule has 0 atom stereocenters. The van der Waals surface area contributed by atoms with Crippen LogP contribution in [0.5, 0.6) is 0 Å². The number of pyridine rings is 1. The molecule has 0 radical (unpaired) electrons. The third-order valence-electron chi connectivity index (χ3n) is 18.1. The maximum absolute atomic E-state index is 6.56. The van der Waals surface area contributed by atoms with Gasteiger partial charge in [0, 0.05) is 48.7 Å². The van der Waals surface area contributed by atoms with Gasteiger partial charge in [-0.1, -0.05) is 243 Å². The Balaban J connectivity index is 1.14. The molecule has 0 fully saturated rings. The molecule has 88 heavy (non-hydrogen) atoms. The Kier molecular flexibility index (Phi) is 11.2. The van der Waals surface area contributed by atoms with E-state index >= 15 is 0 Å². The Hall–Kier alpha value is -11.8. The van der Waals surface area contributed by atoms with E-state index in [1.807, 2.05) is 0 Å². The van der Waals surface area contributed by atoms with Crippen molar-refractivity contribution >= 4 is 87.2 Å². The summed E-state index contributed by atoms with van der Waals surface area (Å²) in [6, 6.07) is 118. The van der Waals surface area contributed by atoms with E-state index in [4.69, 9.17) is 4.98 Å². The first-order valence-electron chi connectivity index (χ1n) is 30.2. The van der Waals surface area contributed by atoms with E-state index in [1.54, 1.807) is 0 Å². The van der Waals surface area contributed by atoms with Gasteiger partial charge in [0.1, 0.15) is 11.4 Å². The van der Waals surface area contributed by atoms with E-state index in [-0.39, 0.29) is 0 Å². The Morgan fingerprint density at radius 1 is 0.170 bits per heavy atom. The summed E-state index contributed by atoms with van der Waals surface area (Å²) in [6.07, 6.45) is 0.